The van der Waals surface area contributed by atoms with Crippen molar-refractivity contribution in [2.75, 3.05) is 11.5 Å². The Morgan fingerprint density at radius 1 is 1.06 bits per heavy atom. The van der Waals surface area contributed by atoms with Gasteiger partial charge in [0.25, 0.3) is 0 Å². The van der Waals surface area contributed by atoms with Crippen LogP contribution in [0.25, 0.3) is 0 Å². The molecule has 1 heterocycles. The van der Waals surface area contributed by atoms with E-state index in [1.807, 2.05) is 0 Å². The molecule has 1 aliphatic carbocycles. The zero-order valence-electron chi connectivity index (χ0n) is 10.2. The third-order valence-corrected chi connectivity index (χ3v) is 5.92. The number of rotatable bonds is 2. The van der Waals surface area contributed by atoms with Gasteiger partial charge >= 0.3 is 6.03 Å². The van der Waals surface area contributed by atoms with Gasteiger partial charge in [-0.3, -0.25) is 0 Å². The summed E-state index contributed by atoms with van der Waals surface area (Å²) in [5.74, 6) is -0.109. The molecule has 1 saturated heterocycles. The molecule has 2 unspecified atom stereocenters. The van der Waals surface area contributed by atoms with Crippen molar-refractivity contribution >= 4 is 27.5 Å². The first-order chi connectivity index (χ1) is 8.46. The van der Waals surface area contributed by atoms with E-state index < -0.39 is 21.3 Å². The van der Waals surface area contributed by atoms with Crippen molar-refractivity contribution in [3.63, 3.8) is 0 Å². The maximum atomic E-state index is 11.7. The number of hydrogen-bond donors (Lipinski definition) is 2. The Morgan fingerprint density at radius 2 is 1.72 bits per heavy atom. The van der Waals surface area contributed by atoms with Crippen LogP contribution in [0.15, 0.2) is 0 Å². The van der Waals surface area contributed by atoms with Gasteiger partial charge < -0.3 is 10.6 Å². The number of alkyl halides is 1. The molecule has 0 spiro atoms. The van der Waals surface area contributed by atoms with Crippen molar-refractivity contribution in [2.24, 2.45) is 0 Å². The fraction of sp³-hybridized carbons (Fsp3) is 0.909. The SMILES string of the molecule is O=C(NC1CCCCC1)NC1CS(=O)(=O)CC1Cl. The molecule has 2 fully saturated rings. The first-order valence-electron chi connectivity index (χ1n) is 6.38. The van der Waals surface area contributed by atoms with E-state index >= 15 is 0 Å². The molecule has 2 atom stereocenters. The number of halogens is 1. The highest BCUT2D eigenvalue weighted by molar-refractivity contribution is 7.91. The Balaban J connectivity index is 1.80. The van der Waals surface area contributed by atoms with E-state index in [1.165, 1.54) is 6.42 Å². The Labute approximate surface area is 113 Å². The van der Waals surface area contributed by atoms with Crippen LogP contribution in [0.5, 0.6) is 0 Å². The van der Waals surface area contributed by atoms with Gasteiger partial charge in [-0.15, -0.1) is 11.6 Å². The highest BCUT2D eigenvalue weighted by Gasteiger charge is 2.37. The molecular weight excluding hydrogens is 276 g/mol. The van der Waals surface area contributed by atoms with Crippen LogP contribution in [-0.2, 0) is 9.84 Å². The zero-order valence-corrected chi connectivity index (χ0v) is 11.8. The second-order valence-corrected chi connectivity index (χ2v) is 7.87. The minimum absolute atomic E-state index is 0.0526. The second kappa shape index (κ2) is 5.65. The molecule has 18 heavy (non-hydrogen) atoms. The number of carbonyl (C=O) groups is 1. The molecule has 2 rings (SSSR count). The summed E-state index contributed by atoms with van der Waals surface area (Å²) in [6, 6.07) is -0.555. The number of nitrogens with one attached hydrogen (secondary N) is 2. The summed E-state index contributed by atoms with van der Waals surface area (Å²) in [7, 11) is -3.10. The van der Waals surface area contributed by atoms with Crippen LogP contribution in [0.2, 0.25) is 0 Å². The van der Waals surface area contributed by atoms with Gasteiger partial charge in [0.05, 0.1) is 22.9 Å². The van der Waals surface area contributed by atoms with E-state index in [0.717, 1.165) is 25.7 Å². The second-order valence-electron chi connectivity index (χ2n) is 5.15. The Morgan fingerprint density at radius 3 is 2.28 bits per heavy atom. The molecule has 7 heteroatoms. The predicted octanol–water partition coefficient (Wildman–Crippen LogP) is 1.02. The van der Waals surface area contributed by atoms with E-state index in [-0.39, 0.29) is 23.6 Å². The third-order valence-electron chi connectivity index (χ3n) is 3.54. The number of urea groups is 1. The van der Waals surface area contributed by atoms with Gasteiger partial charge in [-0.05, 0) is 12.8 Å². The molecular formula is C11H19ClN2O3S. The topological polar surface area (TPSA) is 75.3 Å². The average Bonchev–Trinajstić information content (AvgIpc) is 2.53. The maximum absolute atomic E-state index is 11.7. The normalized spacial score (nSPS) is 32.1. The maximum Gasteiger partial charge on any atom is 0.315 e. The van der Waals surface area contributed by atoms with E-state index in [2.05, 4.69) is 10.6 Å². The predicted molar refractivity (Wildman–Crippen MR) is 70.6 cm³/mol. The molecule has 0 aromatic heterocycles. The fourth-order valence-corrected chi connectivity index (χ4v) is 5.13. The Hall–Kier alpha value is -0.490. The van der Waals surface area contributed by atoms with Gasteiger partial charge in [-0.25, -0.2) is 13.2 Å². The summed E-state index contributed by atoms with van der Waals surface area (Å²) < 4.78 is 22.7. The van der Waals surface area contributed by atoms with Crippen LogP contribution >= 0.6 is 11.6 Å². The van der Waals surface area contributed by atoms with Crippen molar-refractivity contribution < 1.29 is 13.2 Å². The van der Waals surface area contributed by atoms with Crippen molar-refractivity contribution in [1.29, 1.82) is 0 Å². The van der Waals surface area contributed by atoms with Crippen LogP contribution in [0.4, 0.5) is 4.79 Å². The molecule has 1 aliphatic heterocycles. The number of hydrogen-bond acceptors (Lipinski definition) is 3. The lowest BCUT2D eigenvalue weighted by atomic mass is 9.96. The first-order valence-corrected chi connectivity index (χ1v) is 8.63. The van der Waals surface area contributed by atoms with Gasteiger partial charge in [0.1, 0.15) is 0 Å². The molecule has 2 aliphatic rings. The molecule has 5 nitrogen and oxygen atoms in total. The van der Waals surface area contributed by atoms with Crippen molar-refractivity contribution in [1.82, 2.24) is 10.6 Å². The van der Waals surface area contributed by atoms with Crippen LogP contribution in [-0.4, -0.2) is 43.4 Å². The van der Waals surface area contributed by atoms with E-state index in [9.17, 15) is 13.2 Å². The van der Waals surface area contributed by atoms with Gasteiger partial charge in [0.2, 0.25) is 0 Å². The molecule has 2 amide bonds. The van der Waals surface area contributed by atoms with Gasteiger partial charge in [-0.1, -0.05) is 19.3 Å². The Bertz CT molecular complexity index is 407. The summed E-state index contributed by atoms with van der Waals surface area (Å²) in [6.45, 7) is 0. The van der Waals surface area contributed by atoms with Crippen LogP contribution in [0.1, 0.15) is 32.1 Å². The van der Waals surface area contributed by atoms with Gasteiger partial charge in [-0.2, -0.15) is 0 Å². The number of amides is 2. The lowest BCUT2D eigenvalue weighted by Gasteiger charge is -2.24. The van der Waals surface area contributed by atoms with Crippen molar-refractivity contribution in [3.8, 4) is 0 Å². The quantitative estimate of drug-likeness (QED) is 0.747. The molecule has 2 N–H and O–H groups in total. The lowest BCUT2D eigenvalue weighted by Crippen LogP contribution is -2.49. The fourth-order valence-electron chi connectivity index (χ4n) is 2.58. The minimum Gasteiger partial charge on any atom is -0.335 e. The highest BCUT2D eigenvalue weighted by Crippen LogP contribution is 2.19. The molecule has 0 aromatic rings. The van der Waals surface area contributed by atoms with Crippen LogP contribution < -0.4 is 10.6 Å². The van der Waals surface area contributed by atoms with E-state index in [0.29, 0.717) is 0 Å². The number of carbonyl (C=O) groups excluding carboxylic acids is 1. The molecule has 0 radical (unpaired) electrons. The largest absolute Gasteiger partial charge is 0.335 e. The van der Waals surface area contributed by atoms with Gasteiger partial charge in [0, 0.05) is 6.04 Å². The zero-order chi connectivity index (χ0) is 13.2. The van der Waals surface area contributed by atoms with E-state index in [4.69, 9.17) is 11.6 Å². The summed E-state index contributed by atoms with van der Waals surface area (Å²) in [6.07, 6.45) is 5.51. The Kier molecular flexibility index (Phi) is 4.37. The highest BCUT2D eigenvalue weighted by atomic mass is 35.5. The first kappa shape index (κ1) is 13.9. The van der Waals surface area contributed by atoms with Crippen molar-refractivity contribution in [2.45, 2.75) is 49.6 Å². The average molecular weight is 295 g/mol. The summed E-state index contributed by atoms with van der Waals surface area (Å²) in [5.41, 5.74) is 0. The van der Waals surface area contributed by atoms with Crippen molar-refractivity contribution in [3.05, 3.63) is 0 Å². The molecule has 1 saturated carbocycles. The molecule has 0 bridgehead atoms. The summed E-state index contributed by atoms with van der Waals surface area (Å²) >= 11 is 5.93. The van der Waals surface area contributed by atoms with Gasteiger partial charge in [0.15, 0.2) is 9.84 Å². The minimum atomic E-state index is -3.10. The van der Waals surface area contributed by atoms with Crippen LogP contribution in [0.3, 0.4) is 0 Å². The third kappa shape index (κ3) is 3.75. The number of sulfone groups is 1. The standard InChI is InChI=1S/C11H19ClN2O3S/c12-9-6-18(16,17)7-10(9)14-11(15)13-8-4-2-1-3-5-8/h8-10H,1-7H2,(H2,13,14,15). The molecule has 104 valence electrons. The molecule has 0 aromatic carbocycles. The summed E-state index contributed by atoms with van der Waals surface area (Å²) in [5, 5.41) is 5.04. The van der Waals surface area contributed by atoms with E-state index in [1.54, 1.807) is 0 Å². The lowest BCUT2D eigenvalue weighted by molar-refractivity contribution is 0.230. The van der Waals surface area contributed by atoms with Crippen LogP contribution in [0, 0.1) is 0 Å². The summed E-state index contributed by atoms with van der Waals surface area (Å²) in [4.78, 5) is 11.7. The monoisotopic (exact) mass is 294 g/mol. The smallest absolute Gasteiger partial charge is 0.315 e.